The molecule has 4 aliphatic rings. The van der Waals surface area contributed by atoms with Crippen LogP contribution in [0.15, 0.2) is 34.3 Å². The largest absolute Gasteiger partial charge is 0.550 e. The number of imide groups is 1. The summed E-state index contributed by atoms with van der Waals surface area (Å²) in [5.74, 6) is -1.39. The van der Waals surface area contributed by atoms with Crippen LogP contribution >= 0.6 is 23.1 Å². The van der Waals surface area contributed by atoms with E-state index in [1.165, 1.54) is 16.2 Å². The Morgan fingerprint density at radius 2 is 1.94 bits per heavy atom. The van der Waals surface area contributed by atoms with E-state index in [2.05, 4.69) is 9.97 Å². The zero-order valence-electron chi connectivity index (χ0n) is 18.3. The summed E-state index contributed by atoms with van der Waals surface area (Å²) in [7, 11) is 0. The number of rotatable bonds is 7. The molecule has 34 heavy (non-hydrogen) atoms. The van der Waals surface area contributed by atoms with Crippen LogP contribution in [0.2, 0.25) is 0 Å². The van der Waals surface area contributed by atoms with Gasteiger partial charge in [0.15, 0.2) is 0 Å². The van der Waals surface area contributed by atoms with E-state index in [1.54, 1.807) is 18.0 Å². The SMILES string of the molecule is O=C([O-])CCCCCN1C(=O)[C@@H]2[C@@H]3C[C@H]([C@@H]2C1=O)[C@H]1[C@H](c2cccnc2)c2sc(=O)[nH]c2S[C@@H]31. The number of carboxylic acid groups (broad SMARTS) is 1. The van der Waals surface area contributed by atoms with Gasteiger partial charge in [-0.2, -0.15) is 0 Å². The molecule has 2 aromatic heterocycles. The van der Waals surface area contributed by atoms with E-state index >= 15 is 0 Å². The fourth-order valence-corrected chi connectivity index (χ4v) is 9.84. The van der Waals surface area contributed by atoms with Crippen molar-refractivity contribution in [1.82, 2.24) is 14.9 Å². The number of hydrogen-bond acceptors (Lipinski definition) is 8. The Morgan fingerprint density at radius 3 is 2.68 bits per heavy atom. The van der Waals surface area contributed by atoms with Crippen LogP contribution in [0.4, 0.5) is 0 Å². The number of thioether (sulfide) groups is 1. The number of H-pyrrole nitrogens is 1. The number of carbonyl (C=O) groups excluding carboxylic acids is 3. The van der Waals surface area contributed by atoms with E-state index in [1.807, 2.05) is 18.3 Å². The number of aliphatic carboxylic acids is 1. The van der Waals surface area contributed by atoms with Crippen LogP contribution in [0.5, 0.6) is 0 Å². The molecule has 2 aliphatic carbocycles. The summed E-state index contributed by atoms with van der Waals surface area (Å²) in [5, 5.41) is 11.7. The van der Waals surface area contributed by atoms with Crippen molar-refractivity contribution in [2.75, 3.05) is 6.54 Å². The van der Waals surface area contributed by atoms with E-state index in [0.29, 0.717) is 25.8 Å². The first-order valence-electron chi connectivity index (χ1n) is 11.8. The average Bonchev–Trinajstić information content (AvgIpc) is 3.54. The Hall–Kier alpha value is -2.46. The molecule has 4 heterocycles. The van der Waals surface area contributed by atoms with Gasteiger partial charge < -0.3 is 14.9 Å². The molecule has 2 aromatic rings. The van der Waals surface area contributed by atoms with Gasteiger partial charge in [-0.25, -0.2) is 0 Å². The van der Waals surface area contributed by atoms with E-state index in [9.17, 15) is 24.3 Å². The third kappa shape index (κ3) is 3.29. The van der Waals surface area contributed by atoms with Crippen molar-refractivity contribution in [3.05, 3.63) is 44.6 Å². The summed E-state index contributed by atoms with van der Waals surface area (Å²) in [6, 6.07) is 3.95. The molecule has 2 bridgehead atoms. The van der Waals surface area contributed by atoms with Crippen molar-refractivity contribution in [3.8, 4) is 0 Å². The van der Waals surface area contributed by atoms with E-state index < -0.39 is 5.97 Å². The van der Waals surface area contributed by atoms with Gasteiger partial charge in [0.1, 0.15) is 0 Å². The van der Waals surface area contributed by atoms with Crippen LogP contribution in [0.1, 0.15) is 48.5 Å². The van der Waals surface area contributed by atoms with Crippen LogP contribution < -0.4 is 9.98 Å². The minimum absolute atomic E-state index is 0.000176. The van der Waals surface area contributed by atoms with Crippen LogP contribution in [-0.4, -0.2) is 44.4 Å². The van der Waals surface area contributed by atoms with Crippen molar-refractivity contribution in [2.24, 2.45) is 29.6 Å². The van der Waals surface area contributed by atoms with Crippen molar-refractivity contribution < 1.29 is 19.5 Å². The topological polar surface area (TPSA) is 123 Å². The Morgan fingerprint density at radius 1 is 1.15 bits per heavy atom. The summed E-state index contributed by atoms with van der Waals surface area (Å²) in [4.78, 5) is 59.4. The molecule has 1 saturated heterocycles. The number of nitrogens with one attached hydrogen (secondary N) is 1. The molecule has 10 heteroatoms. The molecule has 2 amide bonds. The smallest absolute Gasteiger partial charge is 0.305 e. The standard InChI is InChI=1S/C24H25N3O5S2/c28-14(29)6-2-1-3-8-27-22(30)17-12-9-13(18(17)23(27)31)19-16(12)15(11-5-4-7-25-10-11)20-21(33-19)26-24(32)34-20/h4-5,7,10,12-13,15-19H,1-3,6,8-9H2,(H,26,32)(H,28,29)/p-1/t12-,13-,15-,16-,17-,18+,19-/m0/s1. The number of unbranched alkanes of at least 4 members (excludes halogenated alkanes) is 2. The van der Waals surface area contributed by atoms with Gasteiger partial charge in [0.25, 0.3) is 0 Å². The number of fused-ring (bicyclic) bond motifs is 9. The number of hydrogen-bond donors (Lipinski definition) is 1. The number of thiazole rings is 1. The van der Waals surface area contributed by atoms with Gasteiger partial charge in [-0.05, 0) is 55.1 Å². The van der Waals surface area contributed by atoms with Crippen molar-refractivity contribution in [1.29, 1.82) is 0 Å². The van der Waals surface area contributed by atoms with Crippen molar-refractivity contribution >= 4 is 40.9 Å². The average molecular weight is 499 g/mol. The number of carboxylic acids is 1. The maximum absolute atomic E-state index is 13.5. The molecule has 6 rings (SSSR count). The lowest BCUT2D eigenvalue weighted by atomic mass is 9.68. The molecule has 2 aliphatic heterocycles. The number of pyridine rings is 1. The first-order valence-corrected chi connectivity index (χ1v) is 13.5. The highest BCUT2D eigenvalue weighted by Crippen LogP contribution is 2.68. The molecule has 178 valence electrons. The Bertz CT molecular complexity index is 1210. The van der Waals surface area contributed by atoms with Gasteiger partial charge in [0, 0.05) is 41.0 Å². The predicted molar refractivity (Wildman–Crippen MR) is 123 cm³/mol. The Balaban J connectivity index is 1.28. The van der Waals surface area contributed by atoms with Gasteiger partial charge in [-0.1, -0.05) is 23.8 Å². The van der Waals surface area contributed by atoms with Crippen molar-refractivity contribution in [3.63, 3.8) is 0 Å². The number of aromatic amines is 1. The number of carbonyl (C=O) groups is 3. The molecule has 7 atom stereocenters. The van der Waals surface area contributed by atoms with Gasteiger partial charge in [-0.3, -0.25) is 24.3 Å². The second-order valence-corrected chi connectivity index (χ2v) is 12.0. The van der Waals surface area contributed by atoms with Crippen LogP contribution in [-0.2, 0) is 14.4 Å². The lowest BCUT2D eigenvalue weighted by molar-refractivity contribution is -0.305. The zero-order valence-corrected chi connectivity index (χ0v) is 20.0. The highest BCUT2D eigenvalue weighted by atomic mass is 32.2. The van der Waals surface area contributed by atoms with Gasteiger partial charge in [0.05, 0.1) is 16.9 Å². The van der Waals surface area contributed by atoms with Crippen LogP contribution in [0.3, 0.4) is 0 Å². The lowest BCUT2D eigenvalue weighted by Gasteiger charge is -2.42. The number of amides is 2. The lowest BCUT2D eigenvalue weighted by Crippen LogP contribution is -2.42. The molecule has 0 spiro atoms. The van der Waals surface area contributed by atoms with Crippen LogP contribution in [0, 0.1) is 29.6 Å². The zero-order chi connectivity index (χ0) is 23.6. The maximum Gasteiger partial charge on any atom is 0.305 e. The normalized spacial score (nSPS) is 33.2. The molecule has 2 saturated carbocycles. The molecule has 1 N–H and O–H groups in total. The first kappa shape index (κ1) is 22.0. The third-order valence-electron chi connectivity index (χ3n) is 8.12. The Labute approximate surface area is 204 Å². The fourth-order valence-electron chi connectivity index (χ4n) is 6.95. The summed E-state index contributed by atoms with van der Waals surface area (Å²) in [5.41, 5.74) is 1.06. The number of aromatic nitrogens is 2. The molecule has 0 aromatic carbocycles. The number of nitrogens with zero attached hydrogens (tertiary/aromatic N) is 2. The highest BCUT2D eigenvalue weighted by molar-refractivity contribution is 8.00. The van der Waals surface area contributed by atoms with Gasteiger partial charge in [0.2, 0.25) is 11.8 Å². The predicted octanol–water partition coefficient (Wildman–Crippen LogP) is 1.61. The summed E-state index contributed by atoms with van der Waals surface area (Å²) in [6.45, 7) is 0.353. The minimum atomic E-state index is -1.07. The quantitative estimate of drug-likeness (QED) is 0.454. The van der Waals surface area contributed by atoms with Gasteiger partial charge in [-0.15, -0.1) is 11.8 Å². The fraction of sp³-hybridized carbons (Fsp3) is 0.542. The van der Waals surface area contributed by atoms with E-state index in [0.717, 1.165) is 21.9 Å². The van der Waals surface area contributed by atoms with Gasteiger partial charge >= 0.3 is 4.87 Å². The summed E-state index contributed by atoms with van der Waals surface area (Å²) < 4.78 is 0. The van der Waals surface area contributed by atoms with Crippen molar-refractivity contribution in [2.45, 2.75) is 48.3 Å². The molecule has 3 fully saturated rings. The first-order chi connectivity index (χ1) is 16.5. The van der Waals surface area contributed by atoms with E-state index in [-0.39, 0.29) is 63.9 Å². The summed E-state index contributed by atoms with van der Waals surface area (Å²) >= 11 is 2.93. The molecule has 0 radical (unpaired) electrons. The minimum Gasteiger partial charge on any atom is -0.550 e. The highest BCUT2D eigenvalue weighted by Gasteiger charge is 2.69. The van der Waals surface area contributed by atoms with E-state index in [4.69, 9.17) is 0 Å². The second kappa shape index (κ2) is 8.34. The summed E-state index contributed by atoms with van der Waals surface area (Å²) in [6.07, 6.45) is 6.20. The molecule has 8 nitrogen and oxygen atoms in total. The second-order valence-electron chi connectivity index (χ2n) is 9.76. The molecular formula is C24H24N3O5S2-. The monoisotopic (exact) mass is 498 g/mol. The Kier molecular flexibility index (Phi) is 5.40. The maximum atomic E-state index is 13.5. The molecular weight excluding hydrogens is 474 g/mol. The van der Waals surface area contributed by atoms with Crippen LogP contribution in [0.25, 0.3) is 0 Å². The molecule has 0 unspecified atom stereocenters. The number of likely N-dealkylation sites (tertiary alicyclic amines) is 1. The third-order valence-corrected chi connectivity index (χ3v) is 10.7.